The Bertz CT molecular complexity index is 600. The number of hydrogen-bond donors (Lipinski definition) is 2. The minimum atomic E-state index is -3.08. The molecule has 1 aliphatic rings. The van der Waals surface area contributed by atoms with E-state index in [0.717, 1.165) is 12.1 Å². The number of carbonyl (C=O) groups is 1. The number of carboxylic acid groups (broad SMARTS) is 1. The molecule has 2 N–H and O–H groups in total. The molecule has 0 radical (unpaired) electrons. The van der Waals surface area contributed by atoms with Gasteiger partial charge in [0, 0.05) is 12.2 Å². The number of anilines is 1. The van der Waals surface area contributed by atoms with Crippen molar-refractivity contribution < 1.29 is 22.7 Å². The van der Waals surface area contributed by atoms with E-state index < -0.39 is 26.9 Å². The van der Waals surface area contributed by atoms with Gasteiger partial charge in [-0.15, -0.1) is 0 Å². The Morgan fingerprint density at radius 3 is 2.79 bits per heavy atom. The maximum Gasteiger partial charge on any atom is 0.337 e. The van der Waals surface area contributed by atoms with Crippen LogP contribution in [0.4, 0.5) is 10.1 Å². The van der Waals surface area contributed by atoms with E-state index in [9.17, 15) is 17.6 Å². The summed E-state index contributed by atoms with van der Waals surface area (Å²) in [5, 5.41) is 11.3. The van der Waals surface area contributed by atoms with Gasteiger partial charge < -0.3 is 10.4 Å². The van der Waals surface area contributed by atoms with Crippen LogP contribution >= 0.6 is 0 Å². The summed E-state index contributed by atoms with van der Waals surface area (Å²) in [4.78, 5) is 11.0. The standard InChI is InChI=1S/C12H14FNO4S/c13-8-3-4-11(10(6-8)12(15)16)14-7-9-2-1-5-19(9,17)18/h3-4,6,9,14H,1-2,5,7H2,(H,15,16). The highest BCUT2D eigenvalue weighted by molar-refractivity contribution is 7.92. The molecule has 0 aromatic heterocycles. The number of carboxylic acids is 1. The fourth-order valence-electron chi connectivity index (χ4n) is 2.16. The fourth-order valence-corrected chi connectivity index (χ4v) is 3.92. The summed E-state index contributed by atoms with van der Waals surface area (Å²) in [5.74, 6) is -1.72. The van der Waals surface area contributed by atoms with Crippen molar-refractivity contribution in [1.82, 2.24) is 0 Å². The second-order valence-electron chi connectivity index (χ2n) is 4.51. The minimum absolute atomic E-state index is 0.147. The number of rotatable bonds is 4. The van der Waals surface area contributed by atoms with Crippen LogP contribution in [0.2, 0.25) is 0 Å². The second-order valence-corrected chi connectivity index (χ2v) is 6.91. The monoisotopic (exact) mass is 287 g/mol. The Morgan fingerprint density at radius 1 is 1.47 bits per heavy atom. The molecule has 1 unspecified atom stereocenters. The predicted molar refractivity (Wildman–Crippen MR) is 68.7 cm³/mol. The molecule has 0 amide bonds. The Hall–Kier alpha value is -1.63. The summed E-state index contributed by atoms with van der Waals surface area (Å²) in [6, 6.07) is 3.35. The SMILES string of the molecule is O=C(O)c1cc(F)ccc1NCC1CCCS1(=O)=O. The minimum Gasteiger partial charge on any atom is -0.478 e. The second kappa shape index (κ2) is 5.16. The van der Waals surface area contributed by atoms with E-state index >= 15 is 0 Å². The maximum atomic E-state index is 13.0. The van der Waals surface area contributed by atoms with Gasteiger partial charge in [0.25, 0.3) is 0 Å². The van der Waals surface area contributed by atoms with Crippen LogP contribution in [0.1, 0.15) is 23.2 Å². The first-order valence-electron chi connectivity index (χ1n) is 5.88. The molecule has 5 nitrogen and oxygen atoms in total. The molecule has 1 aromatic carbocycles. The molecule has 0 saturated carbocycles. The predicted octanol–water partition coefficient (Wildman–Crippen LogP) is 1.51. The van der Waals surface area contributed by atoms with E-state index in [0.29, 0.717) is 12.8 Å². The number of benzene rings is 1. The van der Waals surface area contributed by atoms with Crippen molar-refractivity contribution in [2.75, 3.05) is 17.6 Å². The first-order valence-corrected chi connectivity index (χ1v) is 7.60. The topological polar surface area (TPSA) is 83.5 Å². The first kappa shape index (κ1) is 13.8. The third-order valence-electron chi connectivity index (χ3n) is 3.20. The van der Waals surface area contributed by atoms with Crippen LogP contribution in [0.3, 0.4) is 0 Å². The zero-order valence-corrected chi connectivity index (χ0v) is 10.9. The lowest BCUT2D eigenvalue weighted by atomic mass is 10.1. The van der Waals surface area contributed by atoms with Crippen molar-refractivity contribution in [2.45, 2.75) is 18.1 Å². The van der Waals surface area contributed by atoms with E-state index in [4.69, 9.17) is 5.11 Å². The Morgan fingerprint density at radius 2 is 2.21 bits per heavy atom. The molecule has 0 aliphatic carbocycles. The van der Waals surface area contributed by atoms with Crippen molar-refractivity contribution in [3.8, 4) is 0 Å². The highest BCUT2D eigenvalue weighted by atomic mass is 32.2. The first-order chi connectivity index (χ1) is 8.90. The van der Waals surface area contributed by atoms with Gasteiger partial charge in [0.05, 0.1) is 16.6 Å². The van der Waals surface area contributed by atoms with Gasteiger partial charge in [-0.1, -0.05) is 0 Å². The molecule has 1 aromatic rings. The van der Waals surface area contributed by atoms with Crippen LogP contribution in [0.5, 0.6) is 0 Å². The van der Waals surface area contributed by atoms with Crippen molar-refractivity contribution in [3.63, 3.8) is 0 Å². The van der Waals surface area contributed by atoms with Crippen LogP contribution in [0.15, 0.2) is 18.2 Å². The Kier molecular flexibility index (Phi) is 3.75. The van der Waals surface area contributed by atoms with Crippen molar-refractivity contribution in [1.29, 1.82) is 0 Å². The van der Waals surface area contributed by atoms with Crippen molar-refractivity contribution in [3.05, 3.63) is 29.6 Å². The van der Waals surface area contributed by atoms with Gasteiger partial charge in [0.2, 0.25) is 0 Å². The van der Waals surface area contributed by atoms with Gasteiger partial charge >= 0.3 is 5.97 Å². The molecule has 0 spiro atoms. The Labute approximate surface area is 110 Å². The quantitative estimate of drug-likeness (QED) is 0.877. The molecular weight excluding hydrogens is 273 g/mol. The number of aromatic carboxylic acids is 1. The molecule has 1 saturated heterocycles. The number of hydrogen-bond acceptors (Lipinski definition) is 4. The Balaban J connectivity index is 2.14. The molecule has 2 rings (SSSR count). The molecule has 7 heteroatoms. The van der Waals surface area contributed by atoms with Gasteiger partial charge in [-0.2, -0.15) is 0 Å². The van der Waals surface area contributed by atoms with E-state index in [1.807, 2.05) is 0 Å². The largest absolute Gasteiger partial charge is 0.478 e. The van der Waals surface area contributed by atoms with Crippen LogP contribution in [-0.2, 0) is 9.84 Å². The van der Waals surface area contributed by atoms with Gasteiger partial charge in [-0.25, -0.2) is 17.6 Å². The summed E-state index contributed by atoms with van der Waals surface area (Å²) in [5.41, 5.74) is 0.0337. The van der Waals surface area contributed by atoms with Crippen LogP contribution in [0, 0.1) is 5.82 Å². The van der Waals surface area contributed by atoms with Crippen LogP contribution < -0.4 is 5.32 Å². The molecule has 1 aliphatic heterocycles. The van der Waals surface area contributed by atoms with E-state index in [-0.39, 0.29) is 23.5 Å². The summed E-state index contributed by atoms with van der Waals surface area (Å²) in [6.07, 6.45) is 1.20. The number of nitrogens with one attached hydrogen (secondary N) is 1. The van der Waals surface area contributed by atoms with Crippen molar-refractivity contribution >= 4 is 21.5 Å². The van der Waals surface area contributed by atoms with Gasteiger partial charge in [0.15, 0.2) is 9.84 Å². The van der Waals surface area contributed by atoms with E-state index in [1.165, 1.54) is 6.07 Å². The van der Waals surface area contributed by atoms with Crippen molar-refractivity contribution in [2.24, 2.45) is 0 Å². The molecular formula is C12H14FNO4S. The highest BCUT2D eigenvalue weighted by Gasteiger charge is 2.31. The molecule has 1 heterocycles. The van der Waals surface area contributed by atoms with E-state index in [1.54, 1.807) is 0 Å². The fraction of sp³-hybridized carbons (Fsp3) is 0.417. The molecule has 19 heavy (non-hydrogen) atoms. The molecule has 1 fully saturated rings. The zero-order valence-electron chi connectivity index (χ0n) is 10.1. The zero-order chi connectivity index (χ0) is 14.0. The maximum absolute atomic E-state index is 13.0. The lowest BCUT2D eigenvalue weighted by molar-refractivity contribution is 0.0697. The average Bonchev–Trinajstić information content (AvgIpc) is 2.66. The van der Waals surface area contributed by atoms with Gasteiger partial charge in [-0.05, 0) is 31.0 Å². The lowest BCUT2D eigenvalue weighted by Crippen LogP contribution is -2.25. The summed E-state index contributed by atoms with van der Waals surface area (Å²) >= 11 is 0. The third kappa shape index (κ3) is 3.04. The third-order valence-corrected chi connectivity index (χ3v) is 5.47. The molecule has 0 bridgehead atoms. The summed E-state index contributed by atoms with van der Waals surface area (Å²) in [6.45, 7) is 0.147. The lowest BCUT2D eigenvalue weighted by Gasteiger charge is -2.13. The molecule has 104 valence electrons. The normalized spacial score (nSPS) is 21.2. The van der Waals surface area contributed by atoms with Crippen LogP contribution in [-0.4, -0.2) is 37.0 Å². The average molecular weight is 287 g/mol. The van der Waals surface area contributed by atoms with Gasteiger partial charge in [-0.3, -0.25) is 0 Å². The number of halogens is 1. The summed E-state index contributed by atoms with van der Waals surface area (Å²) in [7, 11) is -3.08. The number of sulfone groups is 1. The highest BCUT2D eigenvalue weighted by Crippen LogP contribution is 2.22. The van der Waals surface area contributed by atoms with Crippen LogP contribution in [0.25, 0.3) is 0 Å². The summed E-state index contributed by atoms with van der Waals surface area (Å²) < 4.78 is 36.3. The van der Waals surface area contributed by atoms with E-state index in [2.05, 4.69) is 5.32 Å². The smallest absolute Gasteiger partial charge is 0.337 e. The van der Waals surface area contributed by atoms with Gasteiger partial charge in [0.1, 0.15) is 5.82 Å². The molecule has 1 atom stereocenters.